The quantitative estimate of drug-likeness (QED) is 0.778. The molecule has 1 aromatic carbocycles. The number of ether oxygens (including phenoxy) is 1. The van der Waals surface area contributed by atoms with Crippen molar-refractivity contribution in [3.05, 3.63) is 48.2 Å². The maximum atomic E-state index is 12.0. The third kappa shape index (κ3) is 2.70. The largest absolute Gasteiger partial charge is 0.464 e. The summed E-state index contributed by atoms with van der Waals surface area (Å²) in [4.78, 5) is 12.0. The van der Waals surface area contributed by atoms with E-state index in [1.165, 1.54) is 0 Å². The maximum Gasteiger partial charge on any atom is 0.338 e. The second-order valence-corrected chi connectivity index (χ2v) is 4.87. The van der Waals surface area contributed by atoms with E-state index >= 15 is 0 Å². The summed E-state index contributed by atoms with van der Waals surface area (Å²) in [5.74, 6) is 0.577. The third-order valence-corrected chi connectivity index (χ3v) is 3.50. The fourth-order valence-corrected chi connectivity index (χ4v) is 2.44. The maximum absolute atomic E-state index is 12.0. The lowest BCUT2D eigenvalue weighted by Gasteiger charge is -2.11. The van der Waals surface area contributed by atoms with Gasteiger partial charge in [-0.3, -0.25) is 0 Å². The van der Waals surface area contributed by atoms with Crippen molar-refractivity contribution in [2.75, 3.05) is 0 Å². The van der Waals surface area contributed by atoms with Crippen LogP contribution in [0, 0.1) is 0 Å². The van der Waals surface area contributed by atoms with Crippen LogP contribution in [-0.2, 0) is 4.74 Å². The Labute approximate surface area is 112 Å². The molecule has 0 aliphatic heterocycles. The van der Waals surface area contributed by atoms with Gasteiger partial charge in [0.2, 0.25) is 0 Å². The molecular formula is C16H16O3. The fraction of sp³-hybridized carbons (Fsp3) is 0.312. The van der Waals surface area contributed by atoms with Crippen molar-refractivity contribution < 1.29 is 13.9 Å². The molecule has 0 bridgehead atoms. The summed E-state index contributed by atoms with van der Waals surface area (Å²) in [6, 6.07) is 11.1. The number of benzene rings is 1. The number of carbonyl (C=O) groups excluding carboxylic acids is 1. The molecule has 19 heavy (non-hydrogen) atoms. The van der Waals surface area contributed by atoms with E-state index in [2.05, 4.69) is 0 Å². The number of hydrogen-bond acceptors (Lipinski definition) is 3. The monoisotopic (exact) mass is 256 g/mol. The summed E-state index contributed by atoms with van der Waals surface area (Å²) in [7, 11) is 0. The van der Waals surface area contributed by atoms with Crippen molar-refractivity contribution in [2.45, 2.75) is 31.8 Å². The molecule has 2 aromatic rings. The van der Waals surface area contributed by atoms with Crippen LogP contribution in [-0.4, -0.2) is 12.1 Å². The molecular weight excluding hydrogens is 240 g/mol. The highest BCUT2D eigenvalue weighted by molar-refractivity contribution is 5.90. The molecule has 3 heteroatoms. The van der Waals surface area contributed by atoms with Gasteiger partial charge < -0.3 is 9.15 Å². The average molecular weight is 256 g/mol. The summed E-state index contributed by atoms with van der Waals surface area (Å²) in [5, 5.41) is 0. The van der Waals surface area contributed by atoms with Crippen LogP contribution in [0.4, 0.5) is 0 Å². The van der Waals surface area contributed by atoms with Gasteiger partial charge in [0.1, 0.15) is 11.9 Å². The van der Waals surface area contributed by atoms with E-state index < -0.39 is 0 Å². The third-order valence-electron chi connectivity index (χ3n) is 3.50. The SMILES string of the molecule is O=C(OC1CCCC1)c1ccc(-c2ccco2)cc1. The van der Waals surface area contributed by atoms with Gasteiger partial charge in [0.05, 0.1) is 11.8 Å². The van der Waals surface area contributed by atoms with Gasteiger partial charge in [-0.15, -0.1) is 0 Å². The van der Waals surface area contributed by atoms with Crippen molar-refractivity contribution in [2.24, 2.45) is 0 Å². The van der Waals surface area contributed by atoms with Gasteiger partial charge in [0.15, 0.2) is 0 Å². The van der Waals surface area contributed by atoms with Crippen molar-refractivity contribution in [1.82, 2.24) is 0 Å². The molecule has 1 saturated carbocycles. The predicted molar refractivity (Wildman–Crippen MR) is 71.8 cm³/mol. The normalized spacial score (nSPS) is 15.6. The lowest BCUT2D eigenvalue weighted by Crippen LogP contribution is -2.14. The van der Waals surface area contributed by atoms with Crippen LogP contribution >= 0.6 is 0 Å². The lowest BCUT2D eigenvalue weighted by molar-refractivity contribution is 0.0318. The van der Waals surface area contributed by atoms with Crippen molar-refractivity contribution in [1.29, 1.82) is 0 Å². The number of furan rings is 1. The molecule has 1 heterocycles. The van der Waals surface area contributed by atoms with Gasteiger partial charge in [-0.2, -0.15) is 0 Å². The highest BCUT2D eigenvalue weighted by Crippen LogP contribution is 2.23. The van der Waals surface area contributed by atoms with Crippen LogP contribution in [0.3, 0.4) is 0 Å². The molecule has 3 rings (SSSR count). The Morgan fingerprint density at radius 2 is 1.84 bits per heavy atom. The molecule has 1 aromatic heterocycles. The van der Waals surface area contributed by atoms with E-state index in [4.69, 9.17) is 9.15 Å². The minimum absolute atomic E-state index is 0.109. The molecule has 98 valence electrons. The molecule has 1 aliphatic rings. The van der Waals surface area contributed by atoms with Gasteiger partial charge in [0, 0.05) is 5.56 Å². The first-order valence-corrected chi connectivity index (χ1v) is 6.68. The van der Waals surface area contributed by atoms with E-state index in [1.807, 2.05) is 24.3 Å². The Morgan fingerprint density at radius 1 is 1.11 bits per heavy atom. The van der Waals surface area contributed by atoms with Gasteiger partial charge in [-0.25, -0.2) is 4.79 Å². The number of hydrogen-bond donors (Lipinski definition) is 0. The van der Waals surface area contributed by atoms with Crippen molar-refractivity contribution in [3.63, 3.8) is 0 Å². The molecule has 0 amide bonds. The Kier molecular flexibility index (Phi) is 3.36. The molecule has 0 unspecified atom stereocenters. The Morgan fingerprint density at radius 3 is 2.47 bits per heavy atom. The highest BCUT2D eigenvalue weighted by atomic mass is 16.5. The second kappa shape index (κ2) is 5.31. The summed E-state index contributed by atoms with van der Waals surface area (Å²) in [6.45, 7) is 0. The average Bonchev–Trinajstić information content (AvgIpc) is 3.12. The standard InChI is InChI=1S/C16H16O3/c17-16(19-14-4-1-2-5-14)13-9-7-12(8-10-13)15-6-3-11-18-15/h3,6-11,14H,1-2,4-5H2. The lowest BCUT2D eigenvalue weighted by atomic mass is 10.1. The topological polar surface area (TPSA) is 39.4 Å². The van der Waals surface area contributed by atoms with E-state index in [-0.39, 0.29) is 12.1 Å². The first-order valence-electron chi connectivity index (χ1n) is 6.68. The van der Waals surface area contributed by atoms with Crippen LogP contribution in [0.1, 0.15) is 36.0 Å². The Balaban J connectivity index is 1.69. The summed E-state index contributed by atoms with van der Waals surface area (Å²) >= 11 is 0. The van der Waals surface area contributed by atoms with E-state index in [0.717, 1.165) is 37.0 Å². The zero-order chi connectivity index (χ0) is 13.1. The van der Waals surface area contributed by atoms with Crippen LogP contribution in [0.5, 0.6) is 0 Å². The van der Waals surface area contributed by atoms with Crippen LogP contribution < -0.4 is 0 Å². The molecule has 1 aliphatic carbocycles. The first kappa shape index (κ1) is 12.0. The number of carbonyl (C=O) groups is 1. The molecule has 0 saturated heterocycles. The van der Waals surface area contributed by atoms with Gasteiger partial charge in [-0.1, -0.05) is 12.1 Å². The zero-order valence-corrected chi connectivity index (χ0v) is 10.7. The molecule has 1 fully saturated rings. The Hall–Kier alpha value is -2.03. The van der Waals surface area contributed by atoms with Gasteiger partial charge in [-0.05, 0) is 49.9 Å². The van der Waals surface area contributed by atoms with E-state index in [1.54, 1.807) is 18.4 Å². The molecule has 0 radical (unpaired) electrons. The molecule has 0 atom stereocenters. The van der Waals surface area contributed by atoms with Gasteiger partial charge in [0.25, 0.3) is 0 Å². The number of esters is 1. The smallest absolute Gasteiger partial charge is 0.338 e. The van der Waals surface area contributed by atoms with Crippen LogP contribution in [0.15, 0.2) is 47.1 Å². The second-order valence-electron chi connectivity index (χ2n) is 4.87. The van der Waals surface area contributed by atoms with Crippen LogP contribution in [0.25, 0.3) is 11.3 Å². The fourth-order valence-electron chi connectivity index (χ4n) is 2.44. The predicted octanol–water partition coefficient (Wildman–Crippen LogP) is 4.05. The van der Waals surface area contributed by atoms with Crippen molar-refractivity contribution >= 4 is 5.97 Å². The minimum atomic E-state index is -0.224. The molecule has 0 N–H and O–H groups in total. The van der Waals surface area contributed by atoms with E-state index in [0.29, 0.717) is 5.56 Å². The minimum Gasteiger partial charge on any atom is -0.464 e. The van der Waals surface area contributed by atoms with Crippen LogP contribution in [0.2, 0.25) is 0 Å². The Bertz CT molecular complexity index is 534. The summed E-state index contributed by atoms with van der Waals surface area (Å²) in [5.41, 5.74) is 1.56. The summed E-state index contributed by atoms with van der Waals surface area (Å²) in [6.07, 6.45) is 6.06. The van der Waals surface area contributed by atoms with Crippen molar-refractivity contribution in [3.8, 4) is 11.3 Å². The van der Waals surface area contributed by atoms with E-state index in [9.17, 15) is 4.79 Å². The number of rotatable bonds is 3. The molecule has 3 nitrogen and oxygen atoms in total. The highest BCUT2D eigenvalue weighted by Gasteiger charge is 2.20. The molecule has 0 spiro atoms. The first-order chi connectivity index (χ1) is 9.33. The van der Waals surface area contributed by atoms with Gasteiger partial charge >= 0.3 is 5.97 Å². The summed E-state index contributed by atoms with van der Waals surface area (Å²) < 4.78 is 10.8. The zero-order valence-electron chi connectivity index (χ0n) is 10.7.